The van der Waals surface area contributed by atoms with E-state index in [4.69, 9.17) is 14.1 Å². The van der Waals surface area contributed by atoms with Crippen LogP contribution in [0, 0.1) is 6.92 Å². The Hall–Kier alpha value is -6.97. The van der Waals surface area contributed by atoms with Crippen LogP contribution in [0.2, 0.25) is 0 Å². The number of aromatic amines is 1. The first-order valence-electron chi connectivity index (χ1n) is 18.6. The van der Waals surface area contributed by atoms with Gasteiger partial charge in [-0.25, -0.2) is 15.8 Å². The number of hydrogen-bond donors (Lipinski definition) is 6. The minimum absolute atomic E-state index is 0.160. The van der Waals surface area contributed by atoms with E-state index in [1.807, 2.05) is 72.0 Å². The molecule has 0 atom stereocenters. The van der Waals surface area contributed by atoms with Crippen molar-refractivity contribution in [3.8, 4) is 23.0 Å². The second kappa shape index (κ2) is 16.4. The van der Waals surface area contributed by atoms with E-state index in [1.165, 1.54) is 31.0 Å². The molecule has 1 saturated carbocycles. The first-order valence-corrected chi connectivity index (χ1v) is 18.6. The summed E-state index contributed by atoms with van der Waals surface area (Å²) in [5.74, 6) is 2.58. The molecule has 8 rings (SSSR count). The van der Waals surface area contributed by atoms with Gasteiger partial charge in [-0.15, -0.1) is 0 Å². The Balaban J connectivity index is 0.946. The lowest BCUT2D eigenvalue weighted by molar-refractivity contribution is 0.0944. The van der Waals surface area contributed by atoms with Gasteiger partial charge < -0.3 is 29.5 Å². The molecule has 4 heterocycles. The Labute approximate surface area is 327 Å². The quantitative estimate of drug-likeness (QED) is 0.0487. The van der Waals surface area contributed by atoms with E-state index in [0.29, 0.717) is 51.0 Å². The molecule has 4 aromatic heterocycles. The zero-order valence-corrected chi connectivity index (χ0v) is 31.0. The Kier molecular flexibility index (Phi) is 10.6. The third-order valence-corrected chi connectivity index (χ3v) is 9.67. The van der Waals surface area contributed by atoms with Crippen LogP contribution in [0.4, 0.5) is 5.82 Å². The molecule has 7 aromatic rings. The smallest absolute Gasteiger partial charge is 0.460 e. The van der Waals surface area contributed by atoms with E-state index in [2.05, 4.69) is 31.4 Å². The van der Waals surface area contributed by atoms with Crippen molar-refractivity contribution in [2.75, 3.05) is 5.32 Å². The molecular weight excluding hydrogens is 723 g/mol. The number of benzene rings is 3. The van der Waals surface area contributed by atoms with Crippen molar-refractivity contribution in [1.82, 2.24) is 25.2 Å². The van der Waals surface area contributed by atoms with Crippen LogP contribution in [-0.4, -0.2) is 61.8 Å². The maximum absolute atomic E-state index is 13.3. The number of nitrogens with one attached hydrogen (secondary N) is 4. The number of rotatable bonds is 12. The molecule has 1 aliphatic rings. The number of hydrazone groups is 2. The van der Waals surface area contributed by atoms with Crippen molar-refractivity contribution >= 4 is 59.2 Å². The molecule has 15 heteroatoms. The Morgan fingerprint density at radius 3 is 2.35 bits per heavy atom. The number of carbonyl (C=O) groups excluding carboxylic acids is 2. The van der Waals surface area contributed by atoms with Gasteiger partial charge >= 0.3 is 7.12 Å². The van der Waals surface area contributed by atoms with Gasteiger partial charge in [0.2, 0.25) is 0 Å². The summed E-state index contributed by atoms with van der Waals surface area (Å²) in [7, 11) is -1.79. The number of amides is 2. The summed E-state index contributed by atoms with van der Waals surface area (Å²) in [5, 5.41) is 32.6. The SMILES string of the molecule is Cc1ccc(-c2nc3ccc(C(=O)N/N=C/c4cc(/C=N/NC(=O)c5cc6cc(Oc7ccccc7)ccc6[nH]5)cc(B(O)O)c4)cn3c2NC2CCCCC2)o1. The molecule has 1 aliphatic carbocycles. The number of imidazole rings is 1. The number of aryl methyl sites for hydroxylation is 1. The van der Waals surface area contributed by atoms with Crippen molar-refractivity contribution in [1.29, 1.82) is 0 Å². The lowest BCUT2D eigenvalue weighted by atomic mass is 9.79. The Morgan fingerprint density at radius 1 is 0.877 bits per heavy atom. The summed E-state index contributed by atoms with van der Waals surface area (Å²) in [4.78, 5) is 34.2. The van der Waals surface area contributed by atoms with E-state index in [1.54, 1.807) is 30.5 Å². The van der Waals surface area contributed by atoms with Crippen molar-refractivity contribution in [3.63, 3.8) is 0 Å². The minimum atomic E-state index is -1.79. The second-order valence-corrected chi connectivity index (χ2v) is 13.9. The average Bonchev–Trinajstić information content (AvgIpc) is 3.95. The third kappa shape index (κ3) is 8.64. The molecule has 57 heavy (non-hydrogen) atoms. The average molecular weight is 763 g/mol. The van der Waals surface area contributed by atoms with Crippen LogP contribution in [0.1, 0.15) is 69.8 Å². The van der Waals surface area contributed by atoms with Crippen LogP contribution in [-0.2, 0) is 0 Å². The van der Waals surface area contributed by atoms with Crippen LogP contribution in [0.15, 0.2) is 118 Å². The van der Waals surface area contributed by atoms with E-state index < -0.39 is 18.9 Å². The van der Waals surface area contributed by atoms with Crippen LogP contribution in [0.3, 0.4) is 0 Å². The number of furan rings is 1. The van der Waals surface area contributed by atoms with Gasteiger partial charge in [-0.1, -0.05) is 49.6 Å². The van der Waals surface area contributed by atoms with Gasteiger partial charge in [-0.3, -0.25) is 14.0 Å². The number of pyridine rings is 1. The molecule has 0 spiro atoms. The lowest BCUT2D eigenvalue weighted by Gasteiger charge is -2.24. The molecule has 2 amide bonds. The van der Waals surface area contributed by atoms with Gasteiger partial charge in [0.05, 0.1) is 18.0 Å². The molecule has 0 unspecified atom stereocenters. The molecule has 1 fully saturated rings. The number of nitrogens with zero attached hydrogens (tertiary/aromatic N) is 4. The van der Waals surface area contributed by atoms with Crippen LogP contribution in [0.25, 0.3) is 28.0 Å². The Morgan fingerprint density at radius 2 is 1.63 bits per heavy atom. The summed E-state index contributed by atoms with van der Waals surface area (Å²) < 4.78 is 13.7. The highest BCUT2D eigenvalue weighted by atomic mass is 16.5. The zero-order valence-electron chi connectivity index (χ0n) is 31.0. The summed E-state index contributed by atoms with van der Waals surface area (Å²) in [6.45, 7) is 1.89. The minimum Gasteiger partial charge on any atom is -0.460 e. The highest BCUT2D eigenvalue weighted by molar-refractivity contribution is 6.58. The highest BCUT2D eigenvalue weighted by Crippen LogP contribution is 2.33. The maximum Gasteiger partial charge on any atom is 0.488 e. The summed E-state index contributed by atoms with van der Waals surface area (Å²) >= 11 is 0. The van der Waals surface area contributed by atoms with Crippen molar-refractivity contribution < 1.29 is 28.8 Å². The Bertz CT molecular complexity index is 2620. The fourth-order valence-electron chi connectivity index (χ4n) is 6.87. The molecule has 6 N–H and O–H groups in total. The zero-order chi connectivity index (χ0) is 39.3. The summed E-state index contributed by atoms with van der Waals surface area (Å²) in [6, 6.07) is 28.8. The van der Waals surface area contributed by atoms with Crippen LogP contribution in [0.5, 0.6) is 11.5 Å². The molecule has 14 nitrogen and oxygen atoms in total. The number of anilines is 1. The fraction of sp³-hybridized carbons (Fsp3) is 0.167. The topological polar surface area (TPSA) is 191 Å². The third-order valence-electron chi connectivity index (χ3n) is 9.67. The van der Waals surface area contributed by atoms with Gasteiger partial charge in [-0.05, 0) is 103 Å². The van der Waals surface area contributed by atoms with Gasteiger partial charge in [-0.2, -0.15) is 10.2 Å². The van der Waals surface area contributed by atoms with Crippen LogP contribution < -0.4 is 26.4 Å². The maximum atomic E-state index is 13.3. The number of para-hydroxylation sites is 1. The van der Waals surface area contributed by atoms with Gasteiger partial charge in [0.25, 0.3) is 11.8 Å². The number of carbonyl (C=O) groups is 2. The molecule has 0 bridgehead atoms. The van der Waals surface area contributed by atoms with Gasteiger partial charge in [0.1, 0.15) is 40.1 Å². The molecule has 286 valence electrons. The number of ether oxygens (including phenoxy) is 1. The van der Waals surface area contributed by atoms with E-state index >= 15 is 0 Å². The first kappa shape index (κ1) is 37.0. The predicted octanol–water partition coefficient (Wildman–Crippen LogP) is 6.13. The lowest BCUT2D eigenvalue weighted by Crippen LogP contribution is -2.30. The predicted molar refractivity (Wildman–Crippen MR) is 219 cm³/mol. The number of fused-ring (bicyclic) bond motifs is 2. The number of hydrogen-bond acceptors (Lipinski definition) is 10. The van der Waals surface area contributed by atoms with E-state index in [-0.39, 0.29) is 11.5 Å². The normalized spacial score (nSPS) is 13.5. The van der Waals surface area contributed by atoms with Crippen LogP contribution >= 0.6 is 0 Å². The second-order valence-electron chi connectivity index (χ2n) is 13.9. The monoisotopic (exact) mass is 762 g/mol. The summed E-state index contributed by atoms with van der Waals surface area (Å²) in [6.07, 6.45) is 10.1. The van der Waals surface area contributed by atoms with Crippen molar-refractivity contribution in [3.05, 3.63) is 131 Å². The molecule has 3 aromatic carbocycles. The summed E-state index contributed by atoms with van der Waals surface area (Å²) in [5.41, 5.74) is 8.83. The molecule has 0 saturated heterocycles. The highest BCUT2D eigenvalue weighted by Gasteiger charge is 2.22. The first-order chi connectivity index (χ1) is 27.8. The van der Waals surface area contributed by atoms with Gasteiger partial charge in [0, 0.05) is 23.1 Å². The van der Waals surface area contributed by atoms with Crippen molar-refractivity contribution in [2.45, 2.75) is 45.1 Å². The van der Waals surface area contributed by atoms with Gasteiger partial charge in [0.15, 0.2) is 5.76 Å². The number of H-pyrrole nitrogens is 1. The van der Waals surface area contributed by atoms with Crippen molar-refractivity contribution in [2.24, 2.45) is 10.2 Å². The number of aromatic nitrogens is 3. The standard InChI is InChI=1S/C42H39BN8O6/c1-26-12-16-37(56-26)39-40(46-32-8-4-2-5-9-32)51-25-29(13-17-38(51)48-39)41(52)49-44-23-27-18-28(20-31(19-27)43(54)55)24-45-50-42(53)36-22-30-21-34(14-15-35(30)47-36)57-33-10-6-3-7-11-33/h3,6-7,10-25,32,46-47,54-55H,2,4-5,8-9H2,1H3,(H,49,52)(H,50,53)/b44-23+,45-24+. The molecule has 0 aliphatic heterocycles. The van der Waals surface area contributed by atoms with E-state index in [0.717, 1.165) is 48.2 Å². The van der Waals surface area contributed by atoms with E-state index in [9.17, 15) is 19.6 Å². The largest absolute Gasteiger partial charge is 0.488 e. The molecule has 0 radical (unpaired) electrons. The fourth-order valence-corrected chi connectivity index (χ4v) is 6.87. The molecular formula is C42H39BN8O6.